The van der Waals surface area contributed by atoms with Crippen molar-refractivity contribution in [3.8, 4) is 6.57 Å². The first kappa shape index (κ1) is 17.0. The maximum atomic E-state index is 11.6. The third-order valence-corrected chi connectivity index (χ3v) is 3.15. The van der Waals surface area contributed by atoms with Crippen LogP contribution in [0.1, 0.15) is 32.5 Å². The maximum Gasteiger partial charge on any atom is 0.243 e. The number of piperidine rings is 1. The minimum absolute atomic E-state index is 0.0479. The highest BCUT2D eigenvalue weighted by Gasteiger charge is 2.28. The molecule has 1 saturated heterocycles. The van der Waals surface area contributed by atoms with Gasteiger partial charge in [-0.25, -0.2) is 10.3 Å². The van der Waals surface area contributed by atoms with Gasteiger partial charge in [-0.15, -0.1) is 10.2 Å². The predicted octanol–water partition coefficient (Wildman–Crippen LogP) is 0.104. The molecule has 0 bridgehead atoms. The summed E-state index contributed by atoms with van der Waals surface area (Å²) in [7, 11) is 0. The van der Waals surface area contributed by atoms with E-state index in [1.165, 1.54) is 12.0 Å². The van der Waals surface area contributed by atoms with E-state index >= 15 is 0 Å². The Morgan fingerprint density at radius 3 is 2.95 bits per heavy atom. The van der Waals surface area contributed by atoms with Gasteiger partial charge in [-0.1, -0.05) is 5.21 Å². The topological polar surface area (TPSA) is 111 Å². The second kappa shape index (κ2) is 8.99. The summed E-state index contributed by atoms with van der Waals surface area (Å²) in [5.74, 6) is 0.625. The molecule has 116 valence electrons. The Labute approximate surface area is 123 Å². The van der Waals surface area contributed by atoms with Crippen molar-refractivity contribution >= 4 is 5.91 Å². The third kappa shape index (κ3) is 5.09. The van der Waals surface area contributed by atoms with Gasteiger partial charge in [0.25, 0.3) is 0 Å². The van der Waals surface area contributed by atoms with Crippen LogP contribution in [0.2, 0.25) is 0 Å². The van der Waals surface area contributed by atoms with Gasteiger partial charge in [-0.05, 0) is 26.3 Å². The molecule has 1 amide bonds. The fourth-order valence-corrected chi connectivity index (χ4v) is 2.41. The molecule has 0 spiro atoms. The van der Waals surface area contributed by atoms with Crippen molar-refractivity contribution in [1.82, 2.24) is 30.6 Å². The largest absolute Gasteiger partial charge is 0.294 e. The molecule has 1 aromatic rings. The van der Waals surface area contributed by atoms with E-state index in [4.69, 9.17) is 10.1 Å². The number of nitriles is 1. The molecule has 0 radical (unpaired) electrons. The fourth-order valence-electron chi connectivity index (χ4n) is 2.41. The van der Waals surface area contributed by atoms with Crippen molar-refractivity contribution in [1.29, 1.82) is 5.26 Å². The Bertz CT molecular complexity index is 434. The second-order valence-electron chi connectivity index (χ2n) is 4.62. The summed E-state index contributed by atoms with van der Waals surface area (Å²) in [6.45, 7) is 9.81. The summed E-state index contributed by atoms with van der Waals surface area (Å²) in [4.78, 5) is 19.2. The molecule has 0 aliphatic carbocycles. The summed E-state index contributed by atoms with van der Waals surface area (Å²) in [6, 6.07) is 0.0955. The highest BCUT2D eigenvalue weighted by molar-refractivity contribution is 5.72. The number of nitrogens with one attached hydrogen (secondary N) is 1. The van der Waals surface area contributed by atoms with Crippen molar-refractivity contribution < 1.29 is 9.63 Å². The van der Waals surface area contributed by atoms with Crippen molar-refractivity contribution in [2.45, 2.75) is 39.3 Å². The van der Waals surface area contributed by atoms with E-state index in [9.17, 15) is 4.79 Å². The summed E-state index contributed by atoms with van der Waals surface area (Å²) >= 11 is 0. The zero-order valence-corrected chi connectivity index (χ0v) is 12.4. The quantitative estimate of drug-likeness (QED) is 0.767. The van der Waals surface area contributed by atoms with Crippen LogP contribution >= 0.6 is 0 Å². The van der Waals surface area contributed by atoms with Gasteiger partial charge in [-0.2, -0.15) is 5.21 Å². The van der Waals surface area contributed by atoms with Crippen LogP contribution in [0, 0.1) is 11.8 Å². The monoisotopic (exact) mass is 295 g/mol. The summed E-state index contributed by atoms with van der Waals surface area (Å²) in [5.41, 5.74) is 0. The van der Waals surface area contributed by atoms with E-state index in [0.717, 1.165) is 25.9 Å². The number of hydrogen-bond donors (Lipinski definition) is 1. The van der Waals surface area contributed by atoms with E-state index in [1.54, 1.807) is 0 Å². The number of carbonyl (C=O) groups is 1. The Morgan fingerprint density at radius 2 is 2.38 bits per heavy atom. The molecular formula is C12H21N7O2. The number of aromatic nitrogens is 4. The van der Waals surface area contributed by atoms with Gasteiger partial charge in [0.1, 0.15) is 0 Å². The molecule has 9 heteroatoms. The van der Waals surface area contributed by atoms with Crippen LogP contribution in [0.4, 0.5) is 0 Å². The molecule has 2 rings (SSSR count). The number of likely N-dealkylation sites (tertiary alicyclic amines) is 1. The summed E-state index contributed by atoms with van der Waals surface area (Å²) < 4.78 is 0. The van der Waals surface area contributed by atoms with E-state index < -0.39 is 0 Å². The normalized spacial score (nSPS) is 18.6. The van der Waals surface area contributed by atoms with E-state index in [0.29, 0.717) is 19.0 Å². The van der Waals surface area contributed by atoms with Crippen LogP contribution in [-0.4, -0.2) is 62.2 Å². The SMILES string of the molecule is C#N.CCON(C(C)=O)C1CCCN(Cc2nn[nH]n2)C1. The second-order valence-corrected chi connectivity index (χ2v) is 4.62. The zero-order chi connectivity index (χ0) is 15.7. The van der Waals surface area contributed by atoms with Gasteiger partial charge in [0, 0.05) is 20.0 Å². The number of rotatable bonds is 5. The number of amides is 1. The molecule has 0 aromatic carbocycles. The number of hydroxylamine groups is 2. The van der Waals surface area contributed by atoms with E-state index in [-0.39, 0.29) is 11.9 Å². The lowest BCUT2D eigenvalue weighted by Gasteiger charge is -2.37. The first-order valence-electron chi connectivity index (χ1n) is 6.84. The van der Waals surface area contributed by atoms with Crippen molar-refractivity contribution in [3.05, 3.63) is 5.82 Å². The van der Waals surface area contributed by atoms with Crippen molar-refractivity contribution in [3.63, 3.8) is 0 Å². The lowest BCUT2D eigenvalue weighted by Crippen LogP contribution is -2.49. The number of H-pyrrole nitrogens is 1. The standard InChI is InChI=1S/C11H20N6O2.CHN/c1-3-19-17(9(2)18)10-5-4-6-16(7-10)8-11-12-14-15-13-11;1-2/h10H,3-8H2,1-2H3,(H,12,13,14,15);1H. The van der Waals surface area contributed by atoms with Crippen molar-refractivity contribution in [2.75, 3.05) is 19.7 Å². The smallest absolute Gasteiger partial charge is 0.243 e. The Balaban J connectivity index is 0.00000106. The molecule has 1 unspecified atom stereocenters. The lowest BCUT2D eigenvalue weighted by molar-refractivity contribution is -0.201. The molecule has 1 N–H and O–H groups in total. The average molecular weight is 295 g/mol. The molecular weight excluding hydrogens is 274 g/mol. The maximum absolute atomic E-state index is 11.6. The average Bonchev–Trinajstić information content (AvgIpc) is 3.00. The van der Waals surface area contributed by atoms with Crippen LogP contribution < -0.4 is 0 Å². The Kier molecular flexibility index (Phi) is 7.28. The molecule has 0 saturated carbocycles. The fraction of sp³-hybridized carbons (Fsp3) is 0.750. The van der Waals surface area contributed by atoms with Gasteiger partial charge >= 0.3 is 0 Å². The number of tetrazole rings is 1. The van der Waals surface area contributed by atoms with Crippen molar-refractivity contribution in [2.24, 2.45) is 0 Å². The lowest BCUT2D eigenvalue weighted by atomic mass is 10.1. The van der Waals surface area contributed by atoms with Gasteiger partial charge in [0.15, 0.2) is 5.82 Å². The first-order chi connectivity index (χ1) is 10.2. The number of hydrogen-bond acceptors (Lipinski definition) is 7. The van der Waals surface area contributed by atoms with E-state index in [1.807, 2.05) is 6.92 Å². The molecule has 1 aliphatic heterocycles. The number of aromatic amines is 1. The van der Waals surface area contributed by atoms with Gasteiger partial charge in [0.05, 0.1) is 19.2 Å². The van der Waals surface area contributed by atoms with Crippen LogP contribution in [0.5, 0.6) is 0 Å². The zero-order valence-electron chi connectivity index (χ0n) is 12.4. The highest BCUT2D eigenvalue weighted by Crippen LogP contribution is 2.17. The highest BCUT2D eigenvalue weighted by atomic mass is 16.7. The number of carbonyl (C=O) groups excluding carboxylic acids is 1. The molecule has 21 heavy (non-hydrogen) atoms. The molecule has 2 heterocycles. The minimum Gasteiger partial charge on any atom is -0.294 e. The van der Waals surface area contributed by atoms with Crippen LogP contribution in [0.25, 0.3) is 0 Å². The minimum atomic E-state index is -0.0479. The van der Waals surface area contributed by atoms with Crippen LogP contribution in [0.15, 0.2) is 0 Å². The van der Waals surface area contributed by atoms with Gasteiger partial charge < -0.3 is 0 Å². The number of nitrogens with zero attached hydrogens (tertiary/aromatic N) is 6. The Morgan fingerprint density at radius 1 is 1.62 bits per heavy atom. The summed E-state index contributed by atoms with van der Waals surface area (Å²) in [6.07, 6.45) is 1.99. The predicted molar refractivity (Wildman–Crippen MR) is 73.3 cm³/mol. The van der Waals surface area contributed by atoms with Gasteiger partial charge in [0.2, 0.25) is 5.91 Å². The molecule has 1 aromatic heterocycles. The molecule has 1 fully saturated rings. The van der Waals surface area contributed by atoms with Crippen LogP contribution in [0.3, 0.4) is 0 Å². The first-order valence-corrected chi connectivity index (χ1v) is 6.84. The van der Waals surface area contributed by atoms with E-state index in [2.05, 4.69) is 32.1 Å². The van der Waals surface area contributed by atoms with Gasteiger partial charge in [-0.3, -0.25) is 14.5 Å². The third-order valence-electron chi connectivity index (χ3n) is 3.15. The summed E-state index contributed by atoms with van der Waals surface area (Å²) in [5, 5.41) is 21.9. The Hall–Kier alpha value is -2.05. The molecule has 9 nitrogen and oxygen atoms in total. The van der Waals surface area contributed by atoms with Crippen LogP contribution in [-0.2, 0) is 16.2 Å². The molecule has 1 aliphatic rings. The molecule has 1 atom stereocenters.